The van der Waals surface area contributed by atoms with Gasteiger partial charge in [0.2, 0.25) is 0 Å². The molecule has 3 nitrogen and oxygen atoms in total. The summed E-state index contributed by atoms with van der Waals surface area (Å²) in [4.78, 5) is 4.44. The van der Waals surface area contributed by atoms with E-state index in [0.717, 1.165) is 35.8 Å². The van der Waals surface area contributed by atoms with Crippen LogP contribution in [-0.2, 0) is 0 Å². The van der Waals surface area contributed by atoms with Crippen LogP contribution in [0.5, 0.6) is 0 Å². The number of aryl methyl sites for hydroxylation is 1. The molecule has 2 heterocycles. The lowest BCUT2D eigenvalue weighted by Crippen LogP contribution is -2.18. The third-order valence-corrected chi connectivity index (χ3v) is 3.68. The molecular weight excluding hydrogens is 186 g/mol. The van der Waals surface area contributed by atoms with Crippen molar-refractivity contribution in [2.24, 2.45) is 17.8 Å². The maximum absolute atomic E-state index is 4.44. The molecule has 2 N–H and O–H groups in total. The van der Waals surface area contributed by atoms with Crippen LogP contribution in [0.2, 0.25) is 0 Å². The second-order valence-electron chi connectivity index (χ2n) is 4.69. The number of anilines is 1. The lowest BCUT2D eigenvalue weighted by molar-refractivity contribution is 0.614. The summed E-state index contributed by atoms with van der Waals surface area (Å²) in [7, 11) is 0. The van der Waals surface area contributed by atoms with Crippen LogP contribution >= 0.6 is 0 Å². The number of piperidine rings is 1. The molecule has 1 aromatic heterocycles. The van der Waals surface area contributed by atoms with Gasteiger partial charge >= 0.3 is 0 Å². The molecule has 0 amide bonds. The lowest BCUT2D eigenvalue weighted by atomic mass is 10.3. The van der Waals surface area contributed by atoms with E-state index in [9.17, 15) is 0 Å². The highest BCUT2D eigenvalue weighted by molar-refractivity contribution is 5.35. The summed E-state index contributed by atoms with van der Waals surface area (Å²) in [5.41, 5.74) is 1.08. The quantitative estimate of drug-likeness (QED) is 0.776. The fourth-order valence-corrected chi connectivity index (χ4v) is 2.71. The van der Waals surface area contributed by atoms with Crippen LogP contribution in [0.3, 0.4) is 0 Å². The fraction of sp³-hybridized carbons (Fsp3) is 0.583. The zero-order valence-corrected chi connectivity index (χ0v) is 9.03. The number of aromatic nitrogens is 1. The maximum atomic E-state index is 4.44. The number of fused-ring (bicyclic) bond motifs is 1. The first-order valence-electron chi connectivity index (χ1n) is 5.73. The van der Waals surface area contributed by atoms with Crippen molar-refractivity contribution in [3.63, 3.8) is 0 Å². The predicted molar refractivity (Wildman–Crippen MR) is 60.8 cm³/mol. The summed E-state index contributed by atoms with van der Waals surface area (Å²) < 4.78 is 0. The minimum Gasteiger partial charge on any atom is -0.370 e. The van der Waals surface area contributed by atoms with Crippen molar-refractivity contribution in [2.75, 3.05) is 25.0 Å². The molecule has 1 aromatic rings. The standard InChI is InChI=1S/C12H17N3/c1-8-3-2-4-12(15-8)14-7-11-9-5-13-6-10(9)11/h2-4,9-11,13H,5-7H2,1H3,(H,14,15). The average molecular weight is 203 g/mol. The van der Waals surface area contributed by atoms with E-state index in [1.165, 1.54) is 13.1 Å². The van der Waals surface area contributed by atoms with E-state index in [4.69, 9.17) is 0 Å². The summed E-state index contributed by atoms with van der Waals surface area (Å²) in [6.07, 6.45) is 0. The molecule has 2 unspecified atom stereocenters. The van der Waals surface area contributed by atoms with E-state index < -0.39 is 0 Å². The van der Waals surface area contributed by atoms with E-state index in [2.05, 4.69) is 21.7 Å². The molecule has 1 saturated carbocycles. The smallest absolute Gasteiger partial charge is 0.126 e. The molecule has 3 rings (SSSR count). The molecule has 2 aliphatic rings. The highest BCUT2D eigenvalue weighted by Crippen LogP contribution is 2.48. The SMILES string of the molecule is Cc1cccc(NCC2C3CNCC32)n1. The predicted octanol–water partition coefficient (Wildman–Crippen LogP) is 1.27. The lowest BCUT2D eigenvalue weighted by Gasteiger charge is -2.07. The van der Waals surface area contributed by atoms with Gasteiger partial charge in [-0.15, -0.1) is 0 Å². The van der Waals surface area contributed by atoms with Gasteiger partial charge in [0.15, 0.2) is 0 Å². The summed E-state index contributed by atoms with van der Waals surface area (Å²) >= 11 is 0. The largest absolute Gasteiger partial charge is 0.370 e. The number of hydrogen-bond donors (Lipinski definition) is 2. The molecule has 2 fully saturated rings. The molecule has 15 heavy (non-hydrogen) atoms. The van der Waals surface area contributed by atoms with Crippen LogP contribution < -0.4 is 10.6 Å². The molecule has 1 aliphatic carbocycles. The van der Waals surface area contributed by atoms with Crippen molar-refractivity contribution in [2.45, 2.75) is 6.92 Å². The van der Waals surface area contributed by atoms with E-state index in [1.807, 2.05) is 19.1 Å². The summed E-state index contributed by atoms with van der Waals surface area (Å²) in [6, 6.07) is 6.13. The molecule has 80 valence electrons. The average Bonchev–Trinajstić information content (AvgIpc) is 2.69. The third kappa shape index (κ3) is 1.72. The molecule has 0 aromatic carbocycles. The van der Waals surface area contributed by atoms with Gasteiger partial charge in [-0.1, -0.05) is 6.07 Å². The van der Waals surface area contributed by atoms with Gasteiger partial charge in [0.25, 0.3) is 0 Å². The second-order valence-corrected chi connectivity index (χ2v) is 4.69. The van der Waals surface area contributed by atoms with Gasteiger partial charge in [-0.2, -0.15) is 0 Å². The number of rotatable bonds is 3. The van der Waals surface area contributed by atoms with E-state index >= 15 is 0 Å². The minimum absolute atomic E-state index is 0.883. The van der Waals surface area contributed by atoms with Crippen molar-refractivity contribution in [1.82, 2.24) is 10.3 Å². The molecular formula is C12H17N3. The first-order valence-corrected chi connectivity index (χ1v) is 5.73. The maximum Gasteiger partial charge on any atom is 0.126 e. The summed E-state index contributed by atoms with van der Waals surface area (Å²) in [5.74, 6) is 3.77. The Morgan fingerprint density at radius 3 is 2.93 bits per heavy atom. The van der Waals surface area contributed by atoms with Crippen LogP contribution in [0, 0.1) is 24.7 Å². The van der Waals surface area contributed by atoms with Gasteiger partial charge < -0.3 is 10.6 Å². The Balaban J connectivity index is 1.54. The van der Waals surface area contributed by atoms with Crippen LogP contribution in [0.4, 0.5) is 5.82 Å². The molecule has 0 radical (unpaired) electrons. The summed E-state index contributed by atoms with van der Waals surface area (Å²) in [5, 5.41) is 6.85. The molecule has 0 spiro atoms. The monoisotopic (exact) mass is 203 g/mol. The Bertz CT molecular complexity index is 354. The van der Waals surface area contributed by atoms with Crippen molar-refractivity contribution >= 4 is 5.82 Å². The van der Waals surface area contributed by atoms with Gasteiger partial charge in [-0.05, 0) is 49.9 Å². The Hall–Kier alpha value is -1.09. The van der Waals surface area contributed by atoms with Gasteiger partial charge in [0.05, 0.1) is 0 Å². The van der Waals surface area contributed by atoms with Crippen molar-refractivity contribution in [3.8, 4) is 0 Å². The molecule has 1 saturated heterocycles. The van der Waals surface area contributed by atoms with Crippen LogP contribution in [-0.4, -0.2) is 24.6 Å². The number of hydrogen-bond acceptors (Lipinski definition) is 3. The molecule has 2 atom stereocenters. The highest BCUT2D eigenvalue weighted by Gasteiger charge is 2.52. The van der Waals surface area contributed by atoms with Crippen molar-refractivity contribution < 1.29 is 0 Å². The number of pyridine rings is 1. The normalized spacial score (nSPS) is 32.5. The third-order valence-electron chi connectivity index (χ3n) is 3.68. The van der Waals surface area contributed by atoms with E-state index in [1.54, 1.807) is 0 Å². The topological polar surface area (TPSA) is 37.0 Å². The van der Waals surface area contributed by atoms with Crippen LogP contribution in [0.1, 0.15) is 5.69 Å². The second kappa shape index (κ2) is 3.49. The minimum atomic E-state index is 0.883. The number of nitrogens with one attached hydrogen (secondary N) is 2. The van der Waals surface area contributed by atoms with Gasteiger partial charge in [-0.25, -0.2) is 4.98 Å². The van der Waals surface area contributed by atoms with Gasteiger partial charge in [0.1, 0.15) is 5.82 Å². The first-order chi connectivity index (χ1) is 7.34. The van der Waals surface area contributed by atoms with Crippen molar-refractivity contribution in [3.05, 3.63) is 23.9 Å². The van der Waals surface area contributed by atoms with Gasteiger partial charge in [0, 0.05) is 12.2 Å². The van der Waals surface area contributed by atoms with Crippen molar-refractivity contribution in [1.29, 1.82) is 0 Å². The zero-order valence-electron chi connectivity index (χ0n) is 9.03. The molecule has 0 bridgehead atoms. The Labute approximate surface area is 90.3 Å². The first kappa shape index (κ1) is 9.16. The molecule has 3 heteroatoms. The van der Waals surface area contributed by atoms with Crippen LogP contribution in [0.15, 0.2) is 18.2 Å². The fourth-order valence-electron chi connectivity index (χ4n) is 2.71. The van der Waals surface area contributed by atoms with E-state index in [-0.39, 0.29) is 0 Å². The highest BCUT2D eigenvalue weighted by atomic mass is 15.0. The Kier molecular flexibility index (Phi) is 2.13. The van der Waals surface area contributed by atoms with Gasteiger partial charge in [-0.3, -0.25) is 0 Å². The van der Waals surface area contributed by atoms with E-state index in [0.29, 0.717) is 0 Å². The summed E-state index contributed by atoms with van der Waals surface area (Å²) in [6.45, 7) is 5.56. The number of nitrogens with zero attached hydrogens (tertiary/aromatic N) is 1. The Morgan fingerprint density at radius 1 is 1.40 bits per heavy atom. The zero-order chi connectivity index (χ0) is 10.3. The Morgan fingerprint density at radius 2 is 2.20 bits per heavy atom. The van der Waals surface area contributed by atoms with Crippen LogP contribution in [0.25, 0.3) is 0 Å². The molecule has 1 aliphatic heterocycles.